The van der Waals surface area contributed by atoms with E-state index in [0.717, 1.165) is 19.6 Å². The minimum atomic E-state index is 0. The Morgan fingerprint density at radius 3 is 2.86 bits per heavy atom. The van der Waals surface area contributed by atoms with Crippen LogP contribution in [-0.2, 0) is 6.54 Å². The van der Waals surface area contributed by atoms with E-state index in [2.05, 4.69) is 29.5 Å². The topological polar surface area (TPSA) is 50.2 Å². The highest BCUT2D eigenvalue weighted by Crippen LogP contribution is 2.11. The lowest BCUT2D eigenvalue weighted by Gasteiger charge is -2.33. The van der Waals surface area contributed by atoms with Crippen LogP contribution < -0.4 is 5.32 Å². The van der Waals surface area contributed by atoms with Crippen LogP contribution in [0.1, 0.15) is 22.8 Å². The number of amides is 1. The van der Waals surface area contributed by atoms with Gasteiger partial charge >= 0.3 is 0 Å². The highest BCUT2D eigenvalue weighted by atomic mass is 35.5. The zero-order chi connectivity index (χ0) is 14.7. The summed E-state index contributed by atoms with van der Waals surface area (Å²) in [6.07, 6.45) is 3.50. The zero-order valence-electron chi connectivity index (χ0n) is 12.6. The third-order valence-corrected chi connectivity index (χ3v) is 3.83. The number of nitrogens with zero attached hydrogens (tertiary/aromatic N) is 3. The van der Waals surface area contributed by atoms with Crippen molar-refractivity contribution in [2.45, 2.75) is 19.5 Å². The fraction of sp³-hybridized carbons (Fsp3) is 0.375. The van der Waals surface area contributed by atoms with Crippen molar-refractivity contribution in [1.29, 1.82) is 0 Å². The van der Waals surface area contributed by atoms with Gasteiger partial charge in [-0.1, -0.05) is 30.3 Å². The van der Waals surface area contributed by atoms with E-state index in [1.165, 1.54) is 5.56 Å². The molecule has 1 aromatic carbocycles. The summed E-state index contributed by atoms with van der Waals surface area (Å²) in [4.78, 5) is 14.4. The Morgan fingerprint density at radius 2 is 2.14 bits per heavy atom. The van der Waals surface area contributed by atoms with Crippen LogP contribution in [0, 0.1) is 0 Å². The second kappa shape index (κ2) is 7.42. The Morgan fingerprint density at radius 1 is 1.36 bits per heavy atom. The Kier molecular flexibility index (Phi) is 5.57. The fourth-order valence-corrected chi connectivity index (χ4v) is 2.64. The average molecular weight is 321 g/mol. The Balaban J connectivity index is 0.00000176. The second-order valence-electron chi connectivity index (χ2n) is 5.46. The molecule has 0 unspecified atom stereocenters. The van der Waals surface area contributed by atoms with E-state index in [9.17, 15) is 4.79 Å². The van der Waals surface area contributed by atoms with Gasteiger partial charge in [0.2, 0.25) is 0 Å². The molecule has 6 heteroatoms. The number of rotatable bonds is 3. The Labute approximate surface area is 136 Å². The SMILES string of the molecule is C[C@H]1CNCCN1C(=O)c1cnn(Cc2ccccc2)c1.Cl. The van der Waals surface area contributed by atoms with Crippen LogP contribution in [0.15, 0.2) is 42.7 Å². The van der Waals surface area contributed by atoms with Crippen LogP contribution in [0.5, 0.6) is 0 Å². The summed E-state index contributed by atoms with van der Waals surface area (Å²) in [5.74, 6) is 0.0725. The van der Waals surface area contributed by atoms with Gasteiger partial charge in [0.25, 0.3) is 5.91 Å². The van der Waals surface area contributed by atoms with Crippen molar-refractivity contribution in [3.63, 3.8) is 0 Å². The molecule has 1 atom stereocenters. The number of aromatic nitrogens is 2. The van der Waals surface area contributed by atoms with E-state index in [-0.39, 0.29) is 24.4 Å². The number of hydrogen-bond donors (Lipinski definition) is 1. The van der Waals surface area contributed by atoms with E-state index in [4.69, 9.17) is 0 Å². The summed E-state index contributed by atoms with van der Waals surface area (Å²) in [5, 5.41) is 7.60. The third kappa shape index (κ3) is 3.67. The van der Waals surface area contributed by atoms with Crippen LogP contribution >= 0.6 is 12.4 Å². The number of carbonyl (C=O) groups is 1. The molecule has 2 heterocycles. The highest BCUT2D eigenvalue weighted by Gasteiger charge is 2.24. The monoisotopic (exact) mass is 320 g/mol. The van der Waals surface area contributed by atoms with Crippen LogP contribution in [0.4, 0.5) is 0 Å². The maximum atomic E-state index is 12.5. The van der Waals surface area contributed by atoms with Crippen molar-refractivity contribution < 1.29 is 4.79 Å². The molecule has 1 fully saturated rings. The average Bonchev–Trinajstić information content (AvgIpc) is 2.97. The van der Waals surface area contributed by atoms with E-state index in [0.29, 0.717) is 12.1 Å². The maximum absolute atomic E-state index is 12.5. The number of benzene rings is 1. The van der Waals surface area contributed by atoms with Gasteiger partial charge in [-0.2, -0.15) is 5.10 Å². The van der Waals surface area contributed by atoms with Crippen LogP contribution in [0.2, 0.25) is 0 Å². The van der Waals surface area contributed by atoms with E-state index in [1.54, 1.807) is 6.20 Å². The first-order valence-corrected chi connectivity index (χ1v) is 7.32. The first-order valence-electron chi connectivity index (χ1n) is 7.32. The van der Waals surface area contributed by atoms with Crippen molar-refractivity contribution in [1.82, 2.24) is 20.0 Å². The van der Waals surface area contributed by atoms with Gasteiger partial charge in [0.05, 0.1) is 18.3 Å². The summed E-state index contributed by atoms with van der Waals surface area (Å²) in [6, 6.07) is 10.3. The Bertz CT molecular complexity index is 614. The highest BCUT2D eigenvalue weighted by molar-refractivity contribution is 5.94. The lowest BCUT2D eigenvalue weighted by molar-refractivity contribution is 0.0655. The molecule has 0 spiro atoms. The molecule has 0 saturated carbocycles. The number of nitrogens with one attached hydrogen (secondary N) is 1. The summed E-state index contributed by atoms with van der Waals surface area (Å²) in [6.45, 7) is 5.21. The van der Waals surface area contributed by atoms with Crippen molar-refractivity contribution in [3.05, 3.63) is 53.9 Å². The zero-order valence-corrected chi connectivity index (χ0v) is 13.4. The normalized spacial score (nSPS) is 17.9. The van der Waals surface area contributed by atoms with E-state index < -0.39 is 0 Å². The molecule has 1 saturated heterocycles. The molecule has 0 aliphatic carbocycles. The molecule has 3 rings (SSSR count). The predicted octanol–water partition coefficient (Wildman–Crippen LogP) is 1.79. The number of piperazine rings is 1. The van der Waals surface area contributed by atoms with Crippen LogP contribution in [-0.4, -0.2) is 46.3 Å². The summed E-state index contributed by atoms with van der Waals surface area (Å²) < 4.78 is 1.81. The minimum Gasteiger partial charge on any atom is -0.333 e. The first kappa shape index (κ1) is 16.5. The molecule has 118 valence electrons. The lowest BCUT2D eigenvalue weighted by Crippen LogP contribution is -2.52. The molecule has 22 heavy (non-hydrogen) atoms. The van der Waals surface area contributed by atoms with Gasteiger partial charge in [0.1, 0.15) is 0 Å². The van der Waals surface area contributed by atoms with Crippen LogP contribution in [0.25, 0.3) is 0 Å². The number of halogens is 1. The largest absolute Gasteiger partial charge is 0.333 e. The van der Waals surface area contributed by atoms with Gasteiger partial charge in [-0.25, -0.2) is 0 Å². The van der Waals surface area contributed by atoms with Gasteiger partial charge in [-0.3, -0.25) is 9.48 Å². The predicted molar refractivity (Wildman–Crippen MR) is 88.4 cm³/mol. The molecular formula is C16H21ClN4O. The standard InChI is InChI=1S/C16H20N4O.ClH/c1-13-9-17-7-8-20(13)16(21)15-10-18-19(12-15)11-14-5-3-2-4-6-14;/h2-6,10,12-13,17H,7-9,11H2,1H3;1H/t13-;/m0./s1. The second-order valence-corrected chi connectivity index (χ2v) is 5.46. The molecule has 1 aliphatic rings. The molecule has 1 aromatic heterocycles. The third-order valence-electron chi connectivity index (χ3n) is 3.83. The molecule has 1 N–H and O–H groups in total. The Hall–Kier alpha value is -1.85. The van der Waals surface area contributed by atoms with E-state index >= 15 is 0 Å². The first-order chi connectivity index (χ1) is 10.2. The van der Waals surface area contributed by atoms with Crippen LogP contribution in [0.3, 0.4) is 0 Å². The fourth-order valence-electron chi connectivity index (χ4n) is 2.64. The lowest BCUT2D eigenvalue weighted by atomic mass is 10.2. The molecule has 0 radical (unpaired) electrons. The molecule has 2 aromatic rings. The summed E-state index contributed by atoms with van der Waals surface area (Å²) in [5.41, 5.74) is 1.84. The summed E-state index contributed by atoms with van der Waals surface area (Å²) >= 11 is 0. The molecule has 1 aliphatic heterocycles. The van der Waals surface area contributed by atoms with Crippen molar-refractivity contribution >= 4 is 18.3 Å². The molecule has 5 nitrogen and oxygen atoms in total. The number of carbonyl (C=O) groups excluding carboxylic acids is 1. The van der Waals surface area contributed by atoms with Gasteiger partial charge in [0.15, 0.2) is 0 Å². The molecular weight excluding hydrogens is 300 g/mol. The van der Waals surface area contributed by atoms with Gasteiger partial charge in [0, 0.05) is 31.9 Å². The number of hydrogen-bond acceptors (Lipinski definition) is 3. The molecule has 0 bridgehead atoms. The quantitative estimate of drug-likeness (QED) is 0.938. The van der Waals surface area contributed by atoms with Crippen molar-refractivity contribution in [3.8, 4) is 0 Å². The van der Waals surface area contributed by atoms with Gasteiger partial charge in [-0.05, 0) is 12.5 Å². The maximum Gasteiger partial charge on any atom is 0.257 e. The minimum absolute atomic E-state index is 0. The smallest absolute Gasteiger partial charge is 0.257 e. The van der Waals surface area contributed by atoms with Crippen molar-refractivity contribution in [2.24, 2.45) is 0 Å². The van der Waals surface area contributed by atoms with E-state index in [1.807, 2.05) is 34.0 Å². The van der Waals surface area contributed by atoms with Gasteiger partial charge < -0.3 is 10.2 Å². The van der Waals surface area contributed by atoms with Gasteiger partial charge in [-0.15, -0.1) is 12.4 Å². The molecule has 1 amide bonds. The van der Waals surface area contributed by atoms with Crippen molar-refractivity contribution in [2.75, 3.05) is 19.6 Å². The summed E-state index contributed by atoms with van der Waals surface area (Å²) in [7, 11) is 0.